The topological polar surface area (TPSA) is 101 Å². The van der Waals surface area contributed by atoms with E-state index in [0.29, 0.717) is 18.6 Å². The second-order valence-electron chi connectivity index (χ2n) is 11.6. The molecule has 1 aliphatic rings. The van der Waals surface area contributed by atoms with Crippen LogP contribution in [0, 0.1) is 0 Å². The first-order valence-electron chi connectivity index (χ1n) is 13.0. The van der Waals surface area contributed by atoms with Gasteiger partial charge in [-0.3, -0.25) is 0 Å². The van der Waals surface area contributed by atoms with Gasteiger partial charge in [-0.25, -0.2) is 14.4 Å². The van der Waals surface area contributed by atoms with E-state index in [2.05, 4.69) is 6.58 Å². The molecule has 212 valence electrons. The van der Waals surface area contributed by atoms with Gasteiger partial charge in [0.05, 0.1) is 6.61 Å². The highest BCUT2D eigenvalue weighted by molar-refractivity contribution is 5.94. The van der Waals surface area contributed by atoms with Crippen LogP contribution in [-0.2, 0) is 23.7 Å². The van der Waals surface area contributed by atoms with Gasteiger partial charge in [0.2, 0.25) is 0 Å². The summed E-state index contributed by atoms with van der Waals surface area (Å²) in [6.45, 7) is 17.8. The van der Waals surface area contributed by atoms with E-state index < -0.39 is 53.7 Å². The Hall–Kier alpha value is -3.07. The van der Waals surface area contributed by atoms with E-state index in [1.54, 1.807) is 48.5 Å². The number of ether oxygens (including phenoxy) is 5. The number of hydrogen-bond donors (Lipinski definition) is 0. The van der Waals surface area contributed by atoms with Crippen molar-refractivity contribution in [2.45, 2.75) is 110 Å². The lowest BCUT2D eigenvalue weighted by molar-refractivity contribution is -0.165. The number of benzene rings is 1. The predicted octanol–water partition coefficient (Wildman–Crippen LogP) is 6.05. The number of rotatable bonds is 6. The van der Waals surface area contributed by atoms with Crippen molar-refractivity contribution in [3.05, 3.63) is 42.5 Å². The number of esters is 1. The highest BCUT2D eigenvalue weighted by atomic mass is 16.6. The van der Waals surface area contributed by atoms with E-state index in [1.807, 2.05) is 37.3 Å². The summed E-state index contributed by atoms with van der Waals surface area (Å²) in [4.78, 5) is 40.6. The Labute approximate surface area is 226 Å². The average Bonchev–Trinajstić information content (AvgIpc) is 2.80. The van der Waals surface area contributed by atoms with Crippen LogP contribution in [0.5, 0.6) is 5.75 Å². The van der Waals surface area contributed by atoms with Crippen molar-refractivity contribution in [3.63, 3.8) is 0 Å². The van der Waals surface area contributed by atoms with Crippen molar-refractivity contribution in [2.75, 3.05) is 6.61 Å². The van der Waals surface area contributed by atoms with Gasteiger partial charge in [-0.2, -0.15) is 4.90 Å². The molecular formula is C29H43NO8. The summed E-state index contributed by atoms with van der Waals surface area (Å²) in [5.41, 5.74) is -0.993. The van der Waals surface area contributed by atoms with E-state index in [0.717, 1.165) is 10.5 Å². The Kier molecular flexibility index (Phi) is 10.8. The Morgan fingerprint density at radius 2 is 1.55 bits per heavy atom. The van der Waals surface area contributed by atoms with Gasteiger partial charge >= 0.3 is 18.2 Å². The second kappa shape index (κ2) is 13.1. The Bertz CT molecular complexity index is 935. The molecule has 0 bridgehead atoms. The van der Waals surface area contributed by atoms with Crippen LogP contribution in [0.4, 0.5) is 9.59 Å². The maximum absolute atomic E-state index is 13.5. The molecule has 1 aliphatic heterocycles. The molecule has 2 amide bonds. The maximum Gasteiger partial charge on any atom is 0.420 e. The van der Waals surface area contributed by atoms with Gasteiger partial charge in [-0.1, -0.05) is 30.4 Å². The van der Waals surface area contributed by atoms with Crippen molar-refractivity contribution < 1.29 is 38.1 Å². The van der Waals surface area contributed by atoms with Gasteiger partial charge in [0.1, 0.15) is 41.3 Å². The van der Waals surface area contributed by atoms with Gasteiger partial charge in [0, 0.05) is 0 Å². The monoisotopic (exact) mass is 533 g/mol. The fourth-order valence-corrected chi connectivity index (χ4v) is 3.89. The number of amides is 2. The zero-order valence-electron chi connectivity index (χ0n) is 23.9. The fourth-order valence-electron chi connectivity index (χ4n) is 3.89. The number of cyclic esters (lactones) is 1. The molecule has 2 rings (SSSR count). The third-order valence-electron chi connectivity index (χ3n) is 5.41. The van der Waals surface area contributed by atoms with E-state index in [4.69, 9.17) is 23.7 Å². The first-order valence-corrected chi connectivity index (χ1v) is 13.0. The lowest BCUT2D eigenvalue weighted by Crippen LogP contribution is -2.53. The molecule has 0 aliphatic carbocycles. The standard InChI is InChI=1S/C29H43NO8/c1-19(2)18-34-24-20(3)35-25(31)22(16-13-17-23(24)36-21-14-11-10-12-15-21)30(26(32)37-28(4,5)6)27(33)38-29(7,8)9/h10-12,14-15,20,22-24H,1,13,16-18H2,2-9H3/t20-,22-,23-,24-/m0/s1. The minimum atomic E-state index is -1.25. The third-order valence-corrected chi connectivity index (χ3v) is 5.41. The molecule has 1 fully saturated rings. The van der Waals surface area contributed by atoms with Crippen LogP contribution >= 0.6 is 0 Å². The van der Waals surface area contributed by atoms with Crippen molar-refractivity contribution in [1.82, 2.24) is 4.90 Å². The molecule has 1 aromatic carbocycles. The first kappa shape index (κ1) is 31.1. The summed E-state index contributed by atoms with van der Waals surface area (Å²) < 4.78 is 29.1. The van der Waals surface area contributed by atoms with Gasteiger partial charge in [-0.05, 0) is 86.8 Å². The summed E-state index contributed by atoms with van der Waals surface area (Å²) >= 11 is 0. The number of carbonyl (C=O) groups is 3. The van der Waals surface area contributed by atoms with E-state index >= 15 is 0 Å². The fraction of sp³-hybridized carbons (Fsp3) is 0.621. The van der Waals surface area contributed by atoms with Crippen LogP contribution in [0.15, 0.2) is 42.5 Å². The number of nitrogens with zero attached hydrogens (tertiary/aromatic N) is 1. The van der Waals surface area contributed by atoms with E-state index in [-0.39, 0.29) is 13.0 Å². The van der Waals surface area contributed by atoms with Gasteiger partial charge in [0.15, 0.2) is 0 Å². The van der Waals surface area contributed by atoms with Crippen molar-refractivity contribution in [1.29, 1.82) is 0 Å². The summed E-state index contributed by atoms with van der Waals surface area (Å²) in [5.74, 6) is -0.0987. The number of carbonyl (C=O) groups excluding carboxylic acids is 3. The molecule has 0 radical (unpaired) electrons. The Balaban J connectivity index is 2.40. The maximum atomic E-state index is 13.5. The summed E-state index contributed by atoms with van der Waals surface area (Å²) in [5, 5.41) is 0. The second-order valence-corrected chi connectivity index (χ2v) is 11.6. The molecule has 0 spiro atoms. The molecule has 0 saturated carbocycles. The molecule has 1 aromatic rings. The molecule has 4 atom stereocenters. The largest absolute Gasteiger partial charge is 0.488 e. The molecule has 0 N–H and O–H groups in total. The molecular weight excluding hydrogens is 490 g/mol. The zero-order chi connectivity index (χ0) is 28.7. The summed E-state index contributed by atoms with van der Waals surface area (Å²) in [6, 6.07) is 8.06. The molecule has 0 aromatic heterocycles. The van der Waals surface area contributed by atoms with Crippen LogP contribution in [0.2, 0.25) is 0 Å². The highest BCUT2D eigenvalue weighted by Crippen LogP contribution is 2.27. The lowest BCUT2D eigenvalue weighted by atomic mass is 10.0. The molecule has 1 heterocycles. The van der Waals surface area contributed by atoms with Gasteiger partial charge in [0.25, 0.3) is 0 Å². The zero-order valence-corrected chi connectivity index (χ0v) is 23.9. The molecule has 9 heteroatoms. The van der Waals surface area contributed by atoms with E-state index in [1.165, 1.54) is 0 Å². The number of hydrogen-bond acceptors (Lipinski definition) is 8. The molecule has 1 saturated heterocycles. The van der Waals surface area contributed by atoms with Crippen LogP contribution in [-0.4, -0.2) is 65.2 Å². The van der Waals surface area contributed by atoms with Crippen LogP contribution in [0.1, 0.15) is 74.7 Å². The lowest BCUT2D eigenvalue weighted by Gasteiger charge is -2.33. The van der Waals surface area contributed by atoms with Crippen LogP contribution < -0.4 is 4.74 Å². The van der Waals surface area contributed by atoms with Crippen LogP contribution in [0.3, 0.4) is 0 Å². The first-order chi connectivity index (χ1) is 17.6. The number of para-hydroxylation sites is 1. The third kappa shape index (κ3) is 10.0. The summed E-state index contributed by atoms with van der Waals surface area (Å²) in [6.07, 6.45) is -2.76. The van der Waals surface area contributed by atoms with Crippen LogP contribution in [0.25, 0.3) is 0 Å². The Morgan fingerprint density at radius 1 is 1.00 bits per heavy atom. The van der Waals surface area contributed by atoms with E-state index in [9.17, 15) is 14.4 Å². The smallest absolute Gasteiger partial charge is 0.420 e. The normalized spacial score (nSPS) is 22.7. The molecule has 0 unspecified atom stereocenters. The number of imide groups is 1. The average molecular weight is 534 g/mol. The minimum absolute atomic E-state index is 0.131. The predicted molar refractivity (Wildman–Crippen MR) is 143 cm³/mol. The quantitative estimate of drug-likeness (QED) is 0.247. The van der Waals surface area contributed by atoms with Gasteiger partial charge in [-0.15, -0.1) is 0 Å². The van der Waals surface area contributed by atoms with Crippen molar-refractivity contribution >= 4 is 18.2 Å². The van der Waals surface area contributed by atoms with Crippen molar-refractivity contribution in [2.24, 2.45) is 0 Å². The summed E-state index contributed by atoms with van der Waals surface area (Å²) in [7, 11) is 0. The molecule has 9 nitrogen and oxygen atoms in total. The SMILES string of the molecule is C=C(C)CO[C@H]1[C@H](C)OC(=O)[C@@H](N(C(=O)OC(C)(C)C)C(=O)OC(C)(C)C)CCC[C@@H]1Oc1ccccc1. The van der Waals surface area contributed by atoms with Gasteiger partial charge < -0.3 is 23.7 Å². The van der Waals surface area contributed by atoms with Crippen molar-refractivity contribution in [3.8, 4) is 5.75 Å². The minimum Gasteiger partial charge on any atom is -0.488 e. The Morgan fingerprint density at radius 3 is 2.05 bits per heavy atom. The molecule has 38 heavy (non-hydrogen) atoms. The highest BCUT2D eigenvalue weighted by Gasteiger charge is 2.44.